The second kappa shape index (κ2) is 16.7. The molecule has 3 saturated heterocycles. The number of piperazine rings is 1. The highest BCUT2D eigenvalue weighted by molar-refractivity contribution is 7.15. The van der Waals surface area contributed by atoms with Crippen molar-refractivity contribution in [3.8, 4) is 16.5 Å². The molecule has 2 atom stereocenters. The molecule has 10 nitrogen and oxygen atoms in total. The van der Waals surface area contributed by atoms with Gasteiger partial charge in [-0.1, -0.05) is 24.3 Å². The lowest BCUT2D eigenvalue weighted by Crippen LogP contribution is -2.57. The molecule has 66 heavy (non-hydrogen) atoms. The van der Waals surface area contributed by atoms with E-state index in [0.717, 1.165) is 105 Å². The first-order valence-corrected chi connectivity index (χ1v) is 23.8. The second-order valence-corrected chi connectivity index (χ2v) is 20.0. The third-order valence-electron chi connectivity index (χ3n) is 14.4. The number of phenolic OH excluding ortho intramolecular Hbond substituents is 1. The van der Waals surface area contributed by atoms with Crippen LogP contribution in [0.3, 0.4) is 0 Å². The van der Waals surface area contributed by atoms with E-state index in [2.05, 4.69) is 79.4 Å². The van der Waals surface area contributed by atoms with Crippen LogP contribution in [0, 0.1) is 50.1 Å². The topological polar surface area (TPSA) is 85.5 Å². The monoisotopic (exact) mass is 910 g/mol. The molecule has 340 valence electrons. The van der Waals surface area contributed by atoms with Gasteiger partial charge in [-0.3, -0.25) is 9.56 Å². The molecule has 0 amide bonds. The van der Waals surface area contributed by atoms with Crippen LogP contribution < -0.4 is 14.5 Å². The van der Waals surface area contributed by atoms with Gasteiger partial charge in [0.2, 0.25) is 0 Å². The van der Waals surface area contributed by atoms with Gasteiger partial charge in [-0.05, 0) is 93.8 Å². The zero-order valence-electron chi connectivity index (χ0n) is 37.9. The van der Waals surface area contributed by atoms with Crippen LogP contribution >= 0.6 is 11.3 Å². The van der Waals surface area contributed by atoms with Crippen LogP contribution in [-0.2, 0) is 0 Å². The van der Waals surface area contributed by atoms with Gasteiger partial charge < -0.3 is 29.4 Å². The number of phenols is 1. The van der Waals surface area contributed by atoms with Gasteiger partial charge in [0.05, 0.1) is 11.3 Å². The van der Waals surface area contributed by atoms with Gasteiger partial charge in [0.25, 0.3) is 0 Å². The van der Waals surface area contributed by atoms with E-state index in [1.807, 2.05) is 31.2 Å². The number of halogens is 3. The van der Waals surface area contributed by atoms with Gasteiger partial charge in [-0.25, -0.2) is 13.2 Å². The first kappa shape index (κ1) is 42.7. The number of hydrogen-bond donors (Lipinski definition) is 1. The summed E-state index contributed by atoms with van der Waals surface area (Å²) in [4.78, 5) is 16.6. The summed E-state index contributed by atoms with van der Waals surface area (Å²) in [7, 11) is 0. The number of benzene rings is 4. The van der Waals surface area contributed by atoms with Crippen LogP contribution in [0.25, 0.3) is 16.1 Å². The Kier molecular flexibility index (Phi) is 10.8. The smallest absolute Gasteiger partial charge is 0.162 e. The van der Waals surface area contributed by atoms with Gasteiger partial charge >= 0.3 is 0 Å². The van der Waals surface area contributed by atoms with E-state index in [0.29, 0.717) is 40.9 Å². The molecule has 5 aliphatic rings. The Balaban J connectivity index is 0.657. The molecule has 14 heteroatoms. The van der Waals surface area contributed by atoms with Crippen molar-refractivity contribution in [3.05, 3.63) is 146 Å². The average molecular weight is 911 g/mol. The zero-order valence-corrected chi connectivity index (χ0v) is 38.7. The minimum absolute atomic E-state index is 0.00741. The highest BCUT2D eigenvalue weighted by Crippen LogP contribution is 2.49. The summed E-state index contributed by atoms with van der Waals surface area (Å²) in [5.74, 6) is 0.538. The van der Waals surface area contributed by atoms with Gasteiger partial charge in [-0.2, -0.15) is 0 Å². The van der Waals surface area contributed by atoms with Crippen molar-refractivity contribution in [2.45, 2.75) is 46.8 Å². The summed E-state index contributed by atoms with van der Waals surface area (Å²) in [6.07, 6.45) is -0.841. The van der Waals surface area contributed by atoms with Crippen LogP contribution in [0.4, 0.5) is 24.5 Å². The number of aromatic nitrogens is 3. The van der Waals surface area contributed by atoms with Crippen molar-refractivity contribution < 1.29 is 23.0 Å². The Morgan fingerprint density at radius 1 is 0.727 bits per heavy atom. The summed E-state index contributed by atoms with van der Waals surface area (Å²) in [5, 5.41) is 20.2. The number of aromatic hydroxyl groups is 1. The number of hydrogen-bond acceptors (Lipinski definition) is 10. The van der Waals surface area contributed by atoms with E-state index < -0.39 is 23.6 Å². The maximum Gasteiger partial charge on any atom is 0.162 e. The van der Waals surface area contributed by atoms with Crippen molar-refractivity contribution in [1.29, 1.82) is 0 Å². The number of fused-ring (bicyclic) bond motifs is 4. The molecule has 3 fully saturated rings. The molecule has 11 rings (SSSR count). The summed E-state index contributed by atoms with van der Waals surface area (Å²) >= 11 is 1.79. The highest BCUT2D eigenvalue weighted by atomic mass is 32.1. The molecule has 1 N–H and O–H groups in total. The molecular weight excluding hydrogens is 858 g/mol. The number of aryl methyl sites for hydroxylation is 2. The van der Waals surface area contributed by atoms with Crippen LogP contribution in [0.5, 0.6) is 11.5 Å². The second-order valence-electron chi connectivity index (χ2n) is 18.8. The van der Waals surface area contributed by atoms with E-state index in [1.165, 1.54) is 33.8 Å². The van der Waals surface area contributed by atoms with Crippen LogP contribution in [0.1, 0.15) is 75.9 Å². The summed E-state index contributed by atoms with van der Waals surface area (Å²) in [6, 6.07) is 22.9. The lowest BCUT2D eigenvalue weighted by Gasteiger charge is -2.46. The van der Waals surface area contributed by atoms with Crippen LogP contribution in [0.15, 0.2) is 83.9 Å². The largest absolute Gasteiger partial charge is 0.508 e. The fourth-order valence-electron chi connectivity index (χ4n) is 10.6. The van der Waals surface area contributed by atoms with Crippen molar-refractivity contribution >= 4 is 39.6 Å². The third kappa shape index (κ3) is 7.56. The first-order valence-electron chi connectivity index (χ1n) is 23.0. The van der Waals surface area contributed by atoms with Crippen molar-refractivity contribution in [2.75, 3.05) is 75.2 Å². The van der Waals surface area contributed by atoms with Gasteiger partial charge in [-0.15, -0.1) is 21.5 Å². The Hall–Kier alpha value is -5.96. The number of aliphatic imine (C=N–C) groups is 1. The number of thiophene rings is 1. The predicted octanol–water partition coefficient (Wildman–Crippen LogP) is 9.54. The molecule has 0 aliphatic carbocycles. The quantitative estimate of drug-likeness (QED) is 0.154. The summed E-state index contributed by atoms with van der Waals surface area (Å²) in [5.41, 5.74) is 8.70. The van der Waals surface area contributed by atoms with Crippen molar-refractivity contribution in [1.82, 2.24) is 24.6 Å². The SMILES string of the molecule is CC1=C(c2c(F)cc(F)cc2F)[C@H](c2ccc(N3CC(CN4CCN(CC5CN(c6ccc(C7=N[C@@H](C)c8nnc(C)n8-c8sc(C)c(C)c87)cc6)C5)CC4)C3)cc2)Oc2ccc(O)cc21. The maximum atomic E-state index is 15.3. The van der Waals surface area contributed by atoms with E-state index >= 15 is 8.78 Å². The molecule has 6 aromatic rings. The van der Waals surface area contributed by atoms with E-state index in [1.54, 1.807) is 24.3 Å². The fraction of sp³-hybridized carbons (Fsp3) is 0.365. The number of allylic oxidation sites excluding steroid dienone is 1. The number of ether oxygens (including phenoxy) is 1. The minimum atomic E-state index is -1.00. The number of anilines is 2. The number of rotatable bonds is 9. The lowest BCUT2D eigenvalue weighted by atomic mass is 9.85. The van der Waals surface area contributed by atoms with Crippen molar-refractivity contribution in [2.24, 2.45) is 16.8 Å². The lowest BCUT2D eigenvalue weighted by molar-refractivity contribution is 0.0961. The Morgan fingerprint density at radius 2 is 1.32 bits per heavy atom. The first-order chi connectivity index (χ1) is 31.9. The van der Waals surface area contributed by atoms with Crippen molar-refractivity contribution in [3.63, 3.8) is 0 Å². The molecule has 5 aliphatic heterocycles. The van der Waals surface area contributed by atoms with Gasteiger partial charge in [0.15, 0.2) is 5.82 Å². The molecular formula is C52H53F3N8O2S. The standard InChI is InChI=1S/C52H53F3N8O2S/c1-29-32(4)66-52-47(29)49(56-31(3)51-58-57-33(5)63(51)52)36-6-10-39(11-7-36)61-25-34(26-61)23-59-16-18-60(19-17-59)24-35-27-62(28-35)40-12-8-37(9-13-40)50-46(48-43(54)20-38(53)21-44(48)55)30(2)42-22-41(64)14-15-45(42)65-50/h6-15,20-22,31,34-35,50,64H,16-19,23-28H2,1-5H3/t31-,50-/m0/s1. The van der Waals surface area contributed by atoms with Crippen LogP contribution in [-0.4, -0.2) is 101 Å². The molecule has 7 heterocycles. The molecule has 0 radical (unpaired) electrons. The molecule has 4 aromatic carbocycles. The maximum absolute atomic E-state index is 15.3. The Labute approximate surface area is 387 Å². The summed E-state index contributed by atoms with van der Waals surface area (Å²) < 4.78 is 53.1. The highest BCUT2D eigenvalue weighted by Gasteiger charge is 2.36. The van der Waals surface area contributed by atoms with E-state index in [4.69, 9.17) is 9.73 Å². The fourth-order valence-corrected chi connectivity index (χ4v) is 11.9. The molecule has 0 unspecified atom stereocenters. The van der Waals surface area contributed by atoms with Gasteiger partial charge in [0.1, 0.15) is 51.9 Å². The minimum Gasteiger partial charge on any atom is -0.508 e. The molecule has 0 bridgehead atoms. The zero-order chi connectivity index (χ0) is 45.5. The predicted molar refractivity (Wildman–Crippen MR) is 255 cm³/mol. The Bertz CT molecular complexity index is 2880. The molecule has 0 saturated carbocycles. The molecule has 2 aromatic heterocycles. The number of nitrogens with zero attached hydrogens (tertiary/aromatic N) is 8. The summed E-state index contributed by atoms with van der Waals surface area (Å²) in [6.45, 7) is 20.9. The van der Waals surface area contributed by atoms with Gasteiger partial charge in [0, 0.05) is 128 Å². The average Bonchev–Trinajstić information content (AvgIpc) is 3.76. The Morgan fingerprint density at radius 3 is 1.92 bits per heavy atom. The van der Waals surface area contributed by atoms with E-state index in [-0.39, 0.29) is 22.9 Å². The van der Waals surface area contributed by atoms with E-state index in [9.17, 15) is 9.50 Å². The molecule has 0 spiro atoms. The normalized spacial score (nSPS) is 20.3. The third-order valence-corrected chi connectivity index (χ3v) is 15.6. The van der Waals surface area contributed by atoms with Crippen LogP contribution in [0.2, 0.25) is 0 Å².